The molecule has 0 saturated heterocycles. The molecule has 1 rings (SSSR count). The van der Waals surface area contributed by atoms with E-state index in [9.17, 15) is 88.2 Å². The minimum absolute atomic E-state index is 0.0390. The van der Waals surface area contributed by atoms with Gasteiger partial charge in [0.1, 0.15) is 60.4 Å². The minimum atomic E-state index is -1.98. The molecule has 0 unspecified atom stereocenters. The van der Waals surface area contributed by atoms with E-state index in [-0.39, 0.29) is 19.4 Å². The highest BCUT2D eigenvalue weighted by molar-refractivity contribution is 6.00. The Morgan fingerprint density at radius 3 is 1.46 bits per heavy atom. The highest BCUT2D eigenvalue weighted by Crippen LogP contribution is 2.12. The standard InChI is InChI=1S/C48H79N13O18/c1-22(2)35(44(74)54-28(15-11-12-16-49)39(69)52-23(3)48(78)79)57-45(75)37(25(5)65)59-46(76)36(24(4)64)58-43(73)32(21-63)61(7)47(77)38(26(6)66)60-41(71)29(17-27-13-9-8-10-14-27)55-40(70)30(18-33(51)67)56-42(72)31(20-62)53-34(68)19-50/h8-10,13-14,22-26,28-32,35-38,62-66H,11-12,15-21,49-50H2,1-7H3,(H2,51,67)(H,52,69)(H,53,68)(H,54,74)(H,55,70)(H,56,72)(H,57,75)(H,58,73)(H,59,76)(H,60,71)(H,78,79)/t23-,24+,25+,26+,28-,29-,30-,31-,32-,35-,36-,37-,38-/m0/s1. The van der Waals surface area contributed by atoms with Crippen LogP contribution < -0.4 is 65.1 Å². The Balaban J connectivity index is 3.42. The summed E-state index contributed by atoms with van der Waals surface area (Å²) in [6.07, 6.45) is -5.59. The summed E-state index contributed by atoms with van der Waals surface area (Å²) in [6.45, 7) is 5.01. The van der Waals surface area contributed by atoms with E-state index < -0.39 is 182 Å². The normalized spacial score (nSPS) is 16.1. The minimum Gasteiger partial charge on any atom is -0.480 e. The lowest BCUT2D eigenvalue weighted by atomic mass is 10.0. The first-order chi connectivity index (χ1) is 36.9. The van der Waals surface area contributed by atoms with Crippen molar-refractivity contribution in [3.05, 3.63) is 35.9 Å². The van der Waals surface area contributed by atoms with E-state index in [1.165, 1.54) is 20.8 Å². The molecular formula is C48H79N13O18. The molecule has 0 bridgehead atoms. The van der Waals surface area contributed by atoms with Gasteiger partial charge in [-0.3, -0.25) is 57.5 Å². The van der Waals surface area contributed by atoms with Crippen molar-refractivity contribution in [2.45, 2.75) is 152 Å². The van der Waals surface area contributed by atoms with Crippen LogP contribution in [0.2, 0.25) is 0 Å². The molecule has 31 heteroatoms. The number of likely N-dealkylation sites (N-methyl/N-ethyl adjacent to an activating group) is 1. The Morgan fingerprint density at radius 2 is 0.987 bits per heavy atom. The predicted molar refractivity (Wildman–Crippen MR) is 277 cm³/mol. The Bertz CT molecular complexity index is 2260. The molecule has 21 N–H and O–H groups in total. The molecule has 0 aliphatic heterocycles. The quantitative estimate of drug-likeness (QED) is 0.0281. The summed E-state index contributed by atoms with van der Waals surface area (Å²) in [7, 11) is 0.970. The van der Waals surface area contributed by atoms with Crippen molar-refractivity contribution in [3.63, 3.8) is 0 Å². The molecule has 0 spiro atoms. The van der Waals surface area contributed by atoms with Gasteiger partial charge in [-0.2, -0.15) is 0 Å². The van der Waals surface area contributed by atoms with Gasteiger partial charge >= 0.3 is 5.97 Å². The van der Waals surface area contributed by atoms with Gasteiger partial charge in [-0.1, -0.05) is 44.2 Å². The third-order valence-corrected chi connectivity index (χ3v) is 12.0. The van der Waals surface area contributed by atoms with Gasteiger partial charge in [0.15, 0.2) is 0 Å². The fraction of sp³-hybridized carbons (Fsp3) is 0.625. The molecule has 31 nitrogen and oxygen atoms in total. The number of hydrogen-bond donors (Lipinski definition) is 18. The maximum atomic E-state index is 14.1. The van der Waals surface area contributed by atoms with Gasteiger partial charge in [0, 0.05) is 13.5 Å². The van der Waals surface area contributed by atoms with E-state index in [4.69, 9.17) is 17.2 Å². The van der Waals surface area contributed by atoms with Crippen molar-refractivity contribution in [3.8, 4) is 0 Å². The average Bonchev–Trinajstić information content (AvgIpc) is 3.38. The lowest BCUT2D eigenvalue weighted by molar-refractivity contribution is -0.147. The van der Waals surface area contributed by atoms with Crippen LogP contribution in [0.5, 0.6) is 0 Å². The second-order valence-electron chi connectivity index (χ2n) is 19.0. The van der Waals surface area contributed by atoms with Crippen LogP contribution in [0.4, 0.5) is 0 Å². The fourth-order valence-corrected chi connectivity index (χ4v) is 7.34. The van der Waals surface area contributed by atoms with Gasteiger partial charge < -0.3 is 101 Å². The molecule has 13 atom stereocenters. The molecule has 0 aliphatic rings. The van der Waals surface area contributed by atoms with Gasteiger partial charge in [0.2, 0.25) is 65.0 Å². The molecular weight excluding hydrogens is 1050 g/mol. The van der Waals surface area contributed by atoms with Crippen molar-refractivity contribution >= 4 is 70.9 Å². The first kappa shape index (κ1) is 69.6. The Hall–Kier alpha value is -7.42. The smallest absolute Gasteiger partial charge is 0.325 e. The number of carboxylic acid groups (broad SMARTS) is 1. The van der Waals surface area contributed by atoms with Crippen LogP contribution in [0, 0.1) is 5.92 Å². The molecule has 1 aromatic carbocycles. The van der Waals surface area contributed by atoms with Crippen molar-refractivity contribution in [2.75, 3.05) is 33.4 Å². The monoisotopic (exact) mass is 1130 g/mol. The number of carbonyl (C=O) groups excluding carboxylic acids is 11. The number of benzene rings is 1. The van der Waals surface area contributed by atoms with E-state index in [1.807, 2.05) is 0 Å². The van der Waals surface area contributed by atoms with Crippen LogP contribution in [0.15, 0.2) is 30.3 Å². The van der Waals surface area contributed by atoms with E-state index in [1.54, 1.807) is 30.3 Å². The number of carboxylic acids is 1. The lowest BCUT2D eigenvalue weighted by Gasteiger charge is -2.33. The molecule has 0 aromatic heterocycles. The third-order valence-electron chi connectivity index (χ3n) is 12.0. The number of nitrogens with zero attached hydrogens (tertiary/aromatic N) is 1. The number of nitrogens with one attached hydrogen (secondary N) is 9. The maximum Gasteiger partial charge on any atom is 0.325 e. The maximum absolute atomic E-state index is 14.1. The molecule has 0 fully saturated rings. The van der Waals surface area contributed by atoms with E-state index in [2.05, 4.69) is 47.9 Å². The van der Waals surface area contributed by atoms with Crippen LogP contribution in [0.3, 0.4) is 0 Å². The van der Waals surface area contributed by atoms with Crippen molar-refractivity contribution < 1.29 is 88.2 Å². The number of aliphatic hydroxyl groups excluding tert-OH is 5. The first-order valence-electron chi connectivity index (χ1n) is 25.2. The number of amides is 11. The van der Waals surface area contributed by atoms with Crippen LogP contribution >= 0.6 is 0 Å². The van der Waals surface area contributed by atoms with E-state index >= 15 is 0 Å². The largest absolute Gasteiger partial charge is 0.480 e. The summed E-state index contributed by atoms with van der Waals surface area (Å²) in [5.41, 5.74) is 16.6. The van der Waals surface area contributed by atoms with Gasteiger partial charge in [-0.05, 0) is 65.0 Å². The van der Waals surface area contributed by atoms with Crippen LogP contribution in [0.25, 0.3) is 0 Å². The molecule has 0 radical (unpaired) electrons. The predicted octanol–water partition coefficient (Wildman–Crippen LogP) is -8.73. The Labute approximate surface area is 455 Å². The van der Waals surface area contributed by atoms with Crippen LogP contribution in [-0.4, -0.2) is 219 Å². The Morgan fingerprint density at radius 1 is 0.532 bits per heavy atom. The summed E-state index contributed by atoms with van der Waals surface area (Å²) in [5, 5.41) is 82.0. The van der Waals surface area contributed by atoms with Crippen molar-refractivity contribution in [1.82, 2.24) is 52.8 Å². The second-order valence-corrected chi connectivity index (χ2v) is 19.0. The molecule has 0 heterocycles. The van der Waals surface area contributed by atoms with Gasteiger partial charge in [0.05, 0.1) is 44.5 Å². The summed E-state index contributed by atoms with van der Waals surface area (Å²) in [6, 6.07) is -8.93. The highest BCUT2D eigenvalue weighted by atomic mass is 16.4. The number of aliphatic carboxylic acids is 1. The number of aliphatic hydroxyl groups is 5. The molecule has 79 heavy (non-hydrogen) atoms. The zero-order chi connectivity index (χ0) is 60.4. The summed E-state index contributed by atoms with van der Waals surface area (Å²) in [5.74, 6) is -14.2. The van der Waals surface area contributed by atoms with Gasteiger partial charge in [-0.25, -0.2) is 0 Å². The number of primary amides is 1. The number of carbonyl (C=O) groups is 12. The fourth-order valence-electron chi connectivity index (χ4n) is 7.34. The Kier molecular flexibility index (Phi) is 30.4. The number of rotatable bonds is 35. The SMILES string of the molecule is CC(C)[C@H](NC(=O)[C@@H](NC(=O)[C@@H](NC(=O)[C@H](CO)N(C)C(=O)[C@@H](NC(=O)[C@H](Cc1ccccc1)NC(=O)[C@H](CC(N)=O)NC(=O)[C@H](CO)NC(=O)CN)[C@@H](C)O)[C@@H](C)O)[C@@H](C)O)C(=O)N[C@@H](CCCCN)C(=O)N[C@@H](C)C(=O)O. The molecule has 11 amide bonds. The summed E-state index contributed by atoms with van der Waals surface area (Å²) in [4.78, 5) is 158. The van der Waals surface area contributed by atoms with Crippen LogP contribution in [-0.2, 0) is 64.0 Å². The summed E-state index contributed by atoms with van der Waals surface area (Å²) >= 11 is 0. The first-order valence-corrected chi connectivity index (χ1v) is 25.2. The molecule has 0 saturated carbocycles. The van der Waals surface area contributed by atoms with Crippen molar-refractivity contribution in [2.24, 2.45) is 23.1 Å². The average molecular weight is 1130 g/mol. The number of unbranched alkanes of at least 4 members (excludes halogenated alkanes) is 1. The highest BCUT2D eigenvalue weighted by Gasteiger charge is 2.40. The zero-order valence-corrected chi connectivity index (χ0v) is 45.1. The van der Waals surface area contributed by atoms with E-state index in [0.717, 1.165) is 27.8 Å². The second kappa shape index (κ2) is 34.5. The zero-order valence-electron chi connectivity index (χ0n) is 45.1. The summed E-state index contributed by atoms with van der Waals surface area (Å²) < 4.78 is 0. The number of hydrogen-bond acceptors (Lipinski definition) is 19. The third kappa shape index (κ3) is 23.2. The van der Waals surface area contributed by atoms with Crippen molar-refractivity contribution in [1.29, 1.82) is 0 Å². The van der Waals surface area contributed by atoms with Crippen LogP contribution in [0.1, 0.15) is 72.8 Å². The number of nitrogens with two attached hydrogens (primary N) is 3. The van der Waals surface area contributed by atoms with E-state index in [0.29, 0.717) is 23.3 Å². The molecule has 444 valence electrons. The van der Waals surface area contributed by atoms with Gasteiger partial charge in [0.25, 0.3) is 0 Å². The van der Waals surface area contributed by atoms with Gasteiger partial charge in [-0.15, -0.1) is 0 Å². The molecule has 0 aliphatic carbocycles. The lowest BCUT2D eigenvalue weighted by Crippen LogP contribution is -2.64. The topological polar surface area (TPSA) is 516 Å². The molecule has 1 aromatic rings.